The third-order valence-electron chi connectivity index (χ3n) is 2.13. The van der Waals surface area contributed by atoms with Crippen molar-refractivity contribution in [2.75, 3.05) is 13.2 Å². The van der Waals surface area contributed by atoms with Gasteiger partial charge in [-0.1, -0.05) is 6.92 Å². The van der Waals surface area contributed by atoms with Gasteiger partial charge in [0.05, 0.1) is 6.54 Å². The molecule has 0 bridgehead atoms. The monoisotopic (exact) mass is 230 g/mol. The Kier molecular flexibility index (Phi) is 8.52. The summed E-state index contributed by atoms with van der Waals surface area (Å²) in [5.41, 5.74) is 0. The summed E-state index contributed by atoms with van der Waals surface area (Å²) in [6, 6.07) is 0.0303. The molecule has 94 valence electrons. The van der Waals surface area contributed by atoms with E-state index in [4.69, 9.17) is 5.11 Å². The van der Waals surface area contributed by atoms with Crippen LogP contribution in [-0.4, -0.2) is 36.1 Å². The number of carbonyl (C=O) groups excluding carboxylic acids is 2. The number of aliphatic hydroxyl groups is 1. The first kappa shape index (κ1) is 14.9. The van der Waals surface area contributed by atoms with Crippen LogP contribution < -0.4 is 10.6 Å². The van der Waals surface area contributed by atoms with E-state index in [1.165, 1.54) is 0 Å². The summed E-state index contributed by atoms with van der Waals surface area (Å²) in [5.74, 6) is -0.282. The zero-order valence-electron chi connectivity index (χ0n) is 10.1. The maximum Gasteiger partial charge on any atom is 0.239 e. The molecule has 0 saturated carbocycles. The van der Waals surface area contributed by atoms with Gasteiger partial charge in [-0.2, -0.15) is 0 Å². The Morgan fingerprint density at radius 1 is 1.31 bits per heavy atom. The van der Waals surface area contributed by atoms with Crippen molar-refractivity contribution in [3.05, 3.63) is 0 Å². The molecule has 0 aromatic heterocycles. The molecule has 1 unspecified atom stereocenters. The van der Waals surface area contributed by atoms with Crippen LogP contribution in [-0.2, 0) is 9.59 Å². The molecule has 0 aliphatic carbocycles. The van der Waals surface area contributed by atoms with Crippen LogP contribution in [0.2, 0.25) is 0 Å². The highest BCUT2D eigenvalue weighted by Gasteiger charge is 2.08. The molecular weight excluding hydrogens is 208 g/mol. The van der Waals surface area contributed by atoms with Crippen LogP contribution in [0.25, 0.3) is 0 Å². The number of aliphatic hydroxyl groups excluding tert-OH is 1. The summed E-state index contributed by atoms with van der Waals surface area (Å²) in [5, 5.41) is 13.9. The third kappa shape index (κ3) is 8.23. The highest BCUT2D eigenvalue weighted by Crippen LogP contribution is 1.94. The van der Waals surface area contributed by atoms with Crippen molar-refractivity contribution in [1.29, 1.82) is 0 Å². The molecule has 0 radical (unpaired) electrons. The average Bonchev–Trinajstić information content (AvgIpc) is 2.24. The lowest BCUT2D eigenvalue weighted by atomic mass is 10.2. The SMILES string of the molecule is CCCC(=O)NCC(=O)NC(C)CCCO. The first-order valence-corrected chi connectivity index (χ1v) is 5.77. The molecular formula is C11H22N2O3. The van der Waals surface area contributed by atoms with Gasteiger partial charge in [0.1, 0.15) is 0 Å². The summed E-state index contributed by atoms with van der Waals surface area (Å²) >= 11 is 0. The Morgan fingerprint density at radius 3 is 2.56 bits per heavy atom. The smallest absolute Gasteiger partial charge is 0.239 e. The van der Waals surface area contributed by atoms with Crippen molar-refractivity contribution in [3.63, 3.8) is 0 Å². The van der Waals surface area contributed by atoms with Crippen molar-refractivity contribution in [3.8, 4) is 0 Å². The van der Waals surface area contributed by atoms with E-state index in [9.17, 15) is 9.59 Å². The summed E-state index contributed by atoms with van der Waals surface area (Å²) < 4.78 is 0. The molecule has 0 spiro atoms. The molecule has 16 heavy (non-hydrogen) atoms. The van der Waals surface area contributed by atoms with Gasteiger partial charge in [-0.05, 0) is 26.2 Å². The highest BCUT2D eigenvalue weighted by molar-refractivity contribution is 5.84. The van der Waals surface area contributed by atoms with Crippen LogP contribution in [0.1, 0.15) is 39.5 Å². The minimum atomic E-state index is -0.185. The van der Waals surface area contributed by atoms with E-state index in [1.54, 1.807) is 0 Å². The molecule has 0 heterocycles. The summed E-state index contributed by atoms with van der Waals surface area (Å²) in [7, 11) is 0. The number of amides is 2. The van der Waals surface area contributed by atoms with Crippen LogP contribution in [0.4, 0.5) is 0 Å². The Hall–Kier alpha value is -1.10. The lowest BCUT2D eigenvalue weighted by molar-refractivity contribution is -0.126. The Bertz CT molecular complexity index is 219. The topological polar surface area (TPSA) is 78.4 Å². The maximum absolute atomic E-state index is 11.3. The maximum atomic E-state index is 11.3. The molecule has 0 rings (SSSR count). The minimum Gasteiger partial charge on any atom is -0.396 e. The molecule has 3 N–H and O–H groups in total. The van der Waals surface area contributed by atoms with Gasteiger partial charge in [0.15, 0.2) is 0 Å². The summed E-state index contributed by atoms with van der Waals surface area (Å²) in [6.45, 7) is 3.95. The van der Waals surface area contributed by atoms with Crippen LogP contribution in [0.5, 0.6) is 0 Å². The van der Waals surface area contributed by atoms with E-state index < -0.39 is 0 Å². The van der Waals surface area contributed by atoms with Gasteiger partial charge < -0.3 is 15.7 Å². The number of hydrogen-bond donors (Lipinski definition) is 3. The molecule has 0 aliphatic rings. The van der Waals surface area contributed by atoms with Gasteiger partial charge in [0.2, 0.25) is 11.8 Å². The fourth-order valence-corrected chi connectivity index (χ4v) is 1.29. The molecule has 0 aromatic rings. The van der Waals surface area contributed by atoms with Crippen molar-refractivity contribution in [2.45, 2.75) is 45.6 Å². The van der Waals surface area contributed by atoms with Gasteiger partial charge in [0.25, 0.3) is 0 Å². The molecule has 0 aliphatic heterocycles. The second kappa shape index (κ2) is 9.15. The second-order valence-corrected chi connectivity index (χ2v) is 3.86. The number of carbonyl (C=O) groups is 2. The van der Waals surface area contributed by atoms with E-state index in [1.807, 2.05) is 13.8 Å². The predicted octanol–water partition coefficient (Wildman–Crippen LogP) is 0.180. The van der Waals surface area contributed by atoms with E-state index >= 15 is 0 Å². The zero-order valence-corrected chi connectivity index (χ0v) is 10.1. The minimum absolute atomic E-state index is 0.0301. The second-order valence-electron chi connectivity index (χ2n) is 3.86. The summed E-state index contributed by atoms with van der Waals surface area (Å²) in [4.78, 5) is 22.4. The number of hydrogen-bond acceptors (Lipinski definition) is 3. The van der Waals surface area contributed by atoms with Crippen molar-refractivity contribution in [2.24, 2.45) is 0 Å². The molecule has 0 saturated heterocycles. The average molecular weight is 230 g/mol. The number of rotatable bonds is 8. The van der Waals surface area contributed by atoms with Gasteiger partial charge in [-0.3, -0.25) is 9.59 Å². The van der Waals surface area contributed by atoms with Gasteiger partial charge in [0, 0.05) is 19.1 Å². The Morgan fingerprint density at radius 2 is 2.00 bits per heavy atom. The Balaban J connectivity index is 3.61. The highest BCUT2D eigenvalue weighted by atomic mass is 16.3. The number of nitrogens with one attached hydrogen (secondary N) is 2. The van der Waals surface area contributed by atoms with E-state index in [0.717, 1.165) is 12.8 Å². The van der Waals surface area contributed by atoms with E-state index in [-0.39, 0.29) is 31.0 Å². The van der Waals surface area contributed by atoms with Gasteiger partial charge in [-0.25, -0.2) is 0 Å². The normalized spacial score (nSPS) is 11.9. The molecule has 2 amide bonds. The largest absolute Gasteiger partial charge is 0.396 e. The Labute approximate surface area is 96.6 Å². The van der Waals surface area contributed by atoms with E-state index in [0.29, 0.717) is 12.8 Å². The molecule has 5 heteroatoms. The molecule has 0 aromatic carbocycles. The molecule has 0 fully saturated rings. The predicted molar refractivity (Wildman–Crippen MR) is 61.8 cm³/mol. The standard InChI is InChI=1S/C11H22N2O3/c1-3-5-10(15)12-8-11(16)13-9(2)6-4-7-14/h9,14H,3-8H2,1-2H3,(H,12,15)(H,13,16). The fraction of sp³-hybridized carbons (Fsp3) is 0.818. The van der Waals surface area contributed by atoms with Crippen molar-refractivity contribution < 1.29 is 14.7 Å². The van der Waals surface area contributed by atoms with Crippen molar-refractivity contribution in [1.82, 2.24) is 10.6 Å². The lowest BCUT2D eigenvalue weighted by Gasteiger charge is -2.13. The van der Waals surface area contributed by atoms with Crippen LogP contribution in [0.15, 0.2) is 0 Å². The zero-order chi connectivity index (χ0) is 12.4. The van der Waals surface area contributed by atoms with Crippen LogP contribution >= 0.6 is 0 Å². The van der Waals surface area contributed by atoms with E-state index in [2.05, 4.69) is 10.6 Å². The third-order valence-corrected chi connectivity index (χ3v) is 2.13. The summed E-state index contributed by atoms with van der Waals surface area (Å²) in [6.07, 6.45) is 2.64. The fourth-order valence-electron chi connectivity index (χ4n) is 1.29. The van der Waals surface area contributed by atoms with Crippen LogP contribution in [0, 0.1) is 0 Å². The first-order chi connectivity index (χ1) is 7.60. The molecule has 5 nitrogen and oxygen atoms in total. The quantitative estimate of drug-likeness (QED) is 0.556. The van der Waals surface area contributed by atoms with Gasteiger partial charge >= 0.3 is 0 Å². The van der Waals surface area contributed by atoms with Crippen molar-refractivity contribution >= 4 is 11.8 Å². The first-order valence-electron chi connectivity index (χ1n) is 5.77. The lowest BCUT2D eigenvalue weighted by Crippen LogP contribution is -2.40. The molecule has 1 atom stereocenters. The van der Waals surface area contributed by atoms with Crippen LogP contribution in [0.3, 0.4) is 0 Å². The van der Waals surface area contributed by atoms with Gasteiger partial charge in [-0.15, -0.1) is 0 Å².